The van der Waals surface area contributed by atoms with Gasteiger partial charge in [0.15, 0.2) is 5.82 Å². The first kappa shape index (κ1) is 23.9. The minimum absolute atomic E-state index is 0.0157. The number of anilines is 1. The first-order chi connectivity index (χ1) is 17.1. The lowest BCUT2D eigenvalue weighted by atomic mass is 10.0. The Kier molecular flexibility index (Phi) is 5.96. The smallest absolute Gasteiger partial charge is 0.301 e. The predicted molar refractivity (Wildman–Crippen MR) is 125 cm³/mol. The maximum Gasteiger partial charge on any atom is 0.301 e. The molecule has 9 nitrogen and oxygen atoms in total. The summed E-state index contributed by atoms with van der Waals surface area (Å²) in [6, 6.07) is 3.27. The maximum absolute atomic E-state index is 15.3. The summed E-state index contributed by atoms with van der Waals surface area (Å²) >= 11 is 0. The van der Waals surface area contributed by atoms with E-state index in [2.05, 4.69) is 19.9 Å². The van der Waals surface area contributed by atoms with Gasteiger partial charge in [0.2, 0.25) is 5.78 Å². The van der Waals surface area contributed by atoms with Gasteiger partial charge < -0.3 is 4.98 Å². The first-order valence-corrected chi connectivity index (χ1v) is 12.3. The van der Waals surface area contributed by atoms with Gasteiger partial charge in [-0.2, -0.15) is 12.7 Å². The number of rotatable bonds is 6. The number of ketones is 1. The number of halogens is 3. The number of fused-ring (bicyclic) bond motifs is 1. The van der Waals surface area contributed by atoms with E-state index in [0.29, 0.717) is 28.0 Å². The summed E-state index contributed by atoms with van der Waals surface area (Å²) in [7, 11) is -4.31. The van der Waals surface area contributed by atoms with Crippen LogP contribution in [0.15, 0.2) is 43.0 Å². The van der Waals surface area contributed by atoms with E-state index < -0.39 is 45.0 Å². The normalized spacial score (nSPS) is 16.5. The van der Waals surface area contributed by atoms with Crippen LogP contribution in [0.1, 0.15) is 28.2 Å². The van der Waals surface area contributed by atoms with E-state index in [0.717, 1.165) is 16.4 Å². The highest BCUT2D eigenvalue weighted by molar-refractivity contribution is 7.90. The quantitative estimate of drug-likeness (QED) is 0.378. The molecule has 3 aromatic heterocycles. The number of aromatic amines is 1. The molecule has 4 aromatic rings. The number of benzene rings is 1. The van der Waals surface area contributed by atoms with Crippen molar-refractivity contribution in [2.24, 2.45) is 0 Å². The van der Waals surface area contributed by atoms with Crippen LogP contribution >= 0.6 is 0 Å². The number of pyridine rings is 1. The van der Waals surface area contributed by atoms with Crippen molar-refractivity contribution >= 4 is 32.7 Å². The summed E-state index contributed by atoms with van der Waals surface area (Å²) in [5.41, 5.74) is -0.119. The molecule has 0 spiro atoms. The Labute approximate surface area is 203 Å². The van der Waals surface area contributed by atoms with Crippen LogP contribution in [0, 0.1) is 18.6 Å². The Morgan fingerprint density at radius 2 is 1.86 bits per heavy atom. The molecule has 5 rings (SSSR count). The third-order valence-electron chi connectivity index (χ3n) is 5.88. The van der Waals surface area contributed by atoms with E-state index in [4.69, 9.17) is 0 Å². The van der Waals surface area contributed by atoms with E-state index in [1.54, 1.807) is 25.4 Å². The Morgan fingerprint density at radius 3 is 2.56 bits per heavy atom. The molecule has 1 aliphatic heterocycles. The molecule has 36 heavy (non-hydrogen) atoms. The van der Waals surface area contributed by atoms with E-state index in [-0.39, 0.29) is 25.1 Å². The number of hydrogen-bond acceptors (Lipinski definition) is 6. The van der Waals surface area contributed by atoms with Crippen molar-refractivity contribution < 1.29 is 26.4 Å². The summed E-state index contributed by atoms with van der Waals surface area (Å²) in [5, 5.41) is 0.300. The van der Waals surface area contributed by atoms with E-state index in [9.17, 15) is 22.0 Å². The summed E-state index contributed by atoms with van der Waals surface area (Å²) in [4.78, 5) is 28.6. The maximum atomic E-state index is 15.3. The minimum Gasteiger partial charge on any atom is -0.345 e. The summed E-state index contributed by atoms with van der Waals surface area (Å²) < 4.78 is 71.4. The van der Waals surface area contributed by atoms with Crippen molar-refractivity contribution in [1.82, 2.24) is 24.2 Å². The molecule has 0 unspecified atom stereocenters. The summed E-state index contributed by atoms with van der Waals surface area (Å²) in [6.07, 6.45) is 4.67. The molecule has 0 bridgehead atoms. The molecule has 1 fully saturated rings. The standard InChI is InChI=1S/C23H19F3N6O3S/c1-12-27-8-14(9-28-12)13-6-16-17(10-30-23(16)29-7-13)22(33)20-18(25)2-3-19(21(20)26)31-36(34,35)32-5-4-15(24)11-32/h2-3,6-10,15,31H,4-5,11H2,1H3,(H,29,30)/t15-/m1/s1. The molecule has 0 amide bonds. The Bertz CT molecular complexity index is 1590. The van der Waals surface area contributed by atoms with Crippen molar-refractivity contribution in [3.05, 3.63) is 71.6 Å². The van der Waals surface area contributed by atoms with Crippen molar-refractivity contribution in [3.8, 4) is 11.1 Å². The van der Waals surface area contributed by atoms with Gasteiger partial charge in [-0.3, -0.25) is 9.52 Å². The van der Waals surface area contributed by atoms with Gasteiger partial charge in [-0.1, -0.05) is 0 Å². The van der Waals surface area contributed by atoms with Gasteiger partial charge >= 0.3 is 10.2 Å². The first-order valence-electron chi connectivity index (χ1n) is 10.8. The van der Waals surface area contributed by atoms with Crippen molar-refractivity contribution in [1.29, 1.82) is 0 Å². The number of alkyl halides is 1. The van der Waals surface area contributed by atoms with Crippen LogP contribution < -0.4 is 4.72 Å². The molecule has 4 heterocycles. The lowest BCUT2D eigenvalue weighted by Gasteiger charge is -2.18. The van der Waals surface area contributed by atoms with Crippen LogP contribution in [-0.2, 0) is 10.2 Å². The second-order valence-electron chi connectivity index (χ2n) is 8.31. The van der Waals surface area contributed by atoms with E-state index in [1.165, 1.54) is 12.4 Å². The number of nitrogens with zero attached hydrogens (tertiary/aromatic N) is 4. The van der Waals surface area contributed by atoms with Gasteiger partial charge in [0.25, 0.3) is 0 Å². The lowest BCUT2D eigenvalue weighted by Crippen LogP contribution is -2.34. The zero-order valence-electron chi connectivity index (χ0n) is 18.8. The number of carbonyl (C=O) groups excluding carboxylic acids is 1. The molecular formula is C23H19F3N6O3S. The van der Waals surface area contributed by atoms with Crippen molar-refractivity contribution in [3.63, 3.8) is 0 Å². The largest absolute Gasteiger partial charge is 0.345 e. The zero-order chi connectivity index (χ0) is 25.6. The number of aromatic nitrogens is 4. The second-order valence-corrected chi connectivity index (χ2v) is 9.98. The fraction of sp³-hybridized carbons (Fsp3) is 0.217. The molecule has 13 heteroatoms. The fourth-order valence-corrected chi connectivity index (χ4v) is 5.24. The van der Waals surface area contributed by atoms with Crippen LogP contribution in [0.2, 0.25) is 0 Å². The molecule has 1 atom stereocenters. The Hall–Kier alpha value is -3.84. The SMILES string of the molecule is Cc1ncc(-c2cnc3[nH]cc(C(=O)c4c(F)ccc(NS(=O)(=O)N5CC[C@@H](F)C5)c4F)c3c2)cn1. The van der Waals surface area contributed by atoms with Gasteiger partial charge in [-0.05, 0) is 31.5 Å². The monoisotopic (exact) mass is 516 g/mol. The highest BCUT2D eigenvalue weighted by Gasteiger charge is 2.33. The number of nitrogens with one attached hydrogen (secondary N) is 2. The third kappa shape index (κ3) is 4.31. The van der Waals surface area contributed by atoms with Crippen LogP contribution in [0.3, 0.4) is 0 Å². The average Bonchev–Trinajstić information content (AvgIpc) is 3.48. The van der Waals surface area contributed by atoms with Crippen molar-refractivity contribution in [2.45, 2.75) is 19.5 Å². The van der Waals surface area contributed by atoms with Crippen LogP contribution in [0.4, 0.5) is 18.9 Å². The predicted octanol–water partition coefficient (Wildman–Crippen LogP) is 3.54. The van der Waals surface area contributed by atoms with Gasteiger partial charge in [0, 0.05) is 60.0 Å². The molecule has 1 aliphatic rings. The van der Waals surface area contributed by atoms with Gasteiger partial charge in [0.1, 0.15) is 23.5 Å². The number of aryl methyl sites for hydroxylation is 1. The number of carbonyl (C=O) groups is 1. The second kappa shape index (κ2) is 8.99. The Morgan fingerprint density at radius 1 is 1.14 bits per heavy atom. The number of H-pyrrole nitrogens is 1. The molecular weight excluding hydrogens is 497 g/mol. The van der Waals surface area contributed by atoms with Gasteiger partial charge in [-0.25, -0.2) is 28.1 Å². The van der Waals surface area contributed by atoms with Gasteiger partial charge in [-0.15, -0.1) is 0 Å². The highest BCUT2D eigenvalue weighted by Crippen LogP contribution is 2.30. The number of hydrogen-bond donors (Lipinski definition) is 2. The van der Waals surface area contributed by atoms with E-state index in [1.807, 2.05) is 4.72 Å². The summed E-state index contributed by atoms with van der Waals surface area (Å²) in [6.45, 7) is 1.27. The Balaban J connectivity index is 1.52. The van der Waals surface area contributed by atoms with Gasteiger partial charge in [0.05, 0.1) is 11.3 Å². The molecule has 0 aliphatic carbocycles. The van der Waals surface area contributed by atoms with Crippen LogP contribution in [0.5, 0.6) is 0 Å². The van der Waals surface area contributed by atoms with E-state index >= 15 is 4.39 Å². The molecule has 2 N–H and O–H groups in total. The fourth-order valence-electron chi connectivity index (χ4n) is 3.97. The average molecular weight is 517 g/mol. The summed E-state index contributed by atoms with van der Waals surface area (Å²) in [5.74, 6) is -3.00. The van der Waals surface area contributed by atoms with Crippen LogP contribution in [0.25, 0.3) is 22.2 Å². The lowest BCUT2D eigenvalue weighted by molar-refractivity contribution is 0.103. The third-order valence-corrected chi connectivity index (χ3v) is 7.37. The highest BCUT2D eigenvalue weighted by atomic mass is 32.2. The van der Waals surface area contributed by atoms with Crippen molar-refractivity contribution in [2.75, 3.05) is 17.8 Å². The van der Waals surface area contributed by atoms with Crippen LogP contribution in [-0.4, -0.2) is 57.7 Å². The molecule has 0 radical (unpaired) electrons. The zero-order valence-corrected chi connectivity index (χ0v) is 19.6. The molecule has 0 saturated carbocycles. The molecule has 1 saturated heterocycles. The topological polar surface area (TPSA) is 121 Å². The molecule has 186 valence electrons. The molecule has 1 aromatic carbocycles. The minimum atomic E-state index is -4.31.